The Morgan fingerprint density at radius 2 is 2.06 bits per heavy atom. The van der Waals surface area contributed by atoms with Crippen LogP contribution in [0.15, 0.2) is 17.6 Å². The van der Waals surface area contributed by atoms with E-state index in [9.17, 15) is 8.42 Å². The van der Waals surface area contributed by atoms with E-state index < -0.39 is 10.0 Å². The van der Waals surface area contributed by atoms with Crippen LogP contribution in [-0.4, -0.2) is 40.7 Å². The van der Waals surface area contributed by atoms with Gasteiger partial charge in [0.05, 0.1) is 6.33 Å². The minimum atomic E-state index is -3.55. The summed E-state index contributed by atoms with van der Waals surface area (Å²) in [4.78, 5) is 3.93. The summed E-state index contributed by atoms with van der Waals surface area (Å²) in [6.45, 7) is 4.26. The molecular formula is C11H20ClN3O2S. The lowest BCUT2D eigenvalue weighted by atomic mass is 10.2. The van der Waals surface area contributed by atoms with Crippen LogP contribution in [0.5, 0.6) is 0 Å². The molecule has 0 aromatic carbocycles. The van der Waals surface area contributed by atoms with Gasteiger partial charge in [-0.3, -0.25) is 0 Å². The Hall–Kier alpha value is -0.590. The van der Waals surface area contributed by atoms with E-state index >= 15 is 0 Å². The summed E-state index contributed by atoms with van der Waals surface area (Å²) >= 11 is 5.72. The topological polar surface area (TPSA) is 55.2 Å². The van der Waals surface area contributed by atoms with Gasteiger partial charge in [0.1, 0.15) is 0 Å². The van der Waals surface area contributed by atoms with Crippen LogP contribution in [0.3, 0.4) is 0 Å². The van der Waals surface area contributed by atoms with Crippen LogP contribution >= 0.6 is 11.6 Å². The highest BCUT2D eigenvalue weighted by molar-refractivity contribution is 7.89. The largest absolute Gasteiger partial charge is 0.339 e. The number of imidazole rings is 1. The fourth-order valence-corrected chi connectivity index (χ4v) is 3.95. The fourth-order valence-electron chi connectivity index (χ4n) is 1.92. The van der Waals surface area contributed by atoms with Crippen LogP contribution in [0.25, 0.3) is 0 Å². The van der Waals surface area contributed by atoms with Gasteiger partial charge in [-0.2, -0.15) is 4.31 Å². The second kappa shape index (κ2) is 6.54. The number of aryl methyl sites for hydroxylation is 1. The summed E-state index contributed by atoms with van der Waals surface area (Å²) in [5.74, 6) is 0.280. The molecule has 0 saturated carbocycles. The lowest BCUT2D eigenvalue weighted by molar-refractivity contribution is 0.315. The number of rotatable bonds is 7. The summed E-state index contributed by atoms with van der Waals surface area (Å²) < 4.78 is 28.1. The first-order valence-electron chi connectivity index (χ1n) is 6.03. The third kappa shape index (κ3) is 3.24. The number of alkyl halides is 1. The predicted molar refractivity (Wildman–Crippen MR) is 72.2 cm³/mol. The molecule has 0 fully saturated rings. The number of hydrogen-bond acceptors (Lipinski definition) is 3. The quantitative estimate of drug-likeness (QED) is 0.721. The number of halogens is 1. The van der Waals surface area contributed by atoms with Gasteiger partial charge in [0, 0.05) is 31.7 Å². The zero-order valence-electron chi connectivity index (χ0n) is 11.0. The Labute approximate surface area is 114 Å². The molecule has 1 rings (SSSR count). The average Bonchev–Trinajstić information content (AvgIpc) is 2.77. The van der Waals surface area contributed by atoms with Crippen LogP contribution < -0.4 is 0 Å². The monoisotopic (exact) mass is 293 g/mol. The highest BCUT2D eigenvalue weighted by Gasteiger charge is 2.30. The van der Waals surface area contributed by atoms with Crippen LogP contribution in [0.2, 0.25) is 0 Å². The van der Waals surface area contributed by atoms with Crippen molar-refractivity contribution in [3.05, 3.63) is 12.5 Å². The molecule has 0 aliphatic heterocycles. The molecule has 0 atom stereocenters. The minimum Gasteiger partial charge on any atom is -0.339 e. The van der Waals surface area contributed by atoms with E-state index in [0.717, 1.165) is 12.8 Å². The van der Waals surface area contributed by atoms with Crippen LogP contribution in [0.4, 0.5) is 0 Å². The first-order valence-corrected chi connectivity index (χ1v) is 8.00. The van der Waals surface area contributed by atoms with Crippen LogP contribution in [-0.2, 0) is 17.1 Å². The Morgan fingerprint density at radius 1 is 1.44 bits per heavy atom. The molecule has 0 saturated heterocycles. The molecule has 104 valence electrons. The molecule has 0 amide bonds. The van der Waals surface area contributed by atoms with E-state index in [4.69, 9.17) is 11.6 Å². The zero-order valence-corrected chi connectivity index (χ0v) is 12.6. The number of aromatic nitrogens is 2. The van der Waals surface area contributed by atoms with Crippen LogP contribution in [0.1, 0.15) is 26.7 Å². The fraction of sp³-hybridized carbons (Fsp3) is 0.727. The molecule has 0 spiro atoms. The molecule has 0 N–H and O–H groups in total. The SMILES string of the molecule is CCC(CC)N(CCCl)S(=O)(=O)c1cn(C)cn1. The maximum Gasteiger partial charge on any atom is 0.262 e. The number of hydrogen-bond donors (Lipinski definition) is 0. The van der Waals surface area contributed by atoms with Gasteiger partial charge in [0.2, 0.25) is 0 Å². The molecule has 0 aliphatic carbocycles. The standard InChI is InChI=1S/C11H20ClN3O2S/c1-4-10(5-2)15(7-6-12)18(16,17)11-8-14(3)9-13-11/h8-10H,4-7H2,1-3H3. The van der Waals surface area contributed by atoms with Gasteiger partial charge in [0.15, 0.2) is 5.03 Å². The molecule has 0 radical (unpaired) electrons. The number of nitrogens with zero attached hydrogens (tertiary/aromatic N) is 3. The van der Waals surface area contributed by atoms with Gasteiger partial charge >= 0.3 is 0 Å². The van der Waals surface area contributed by atoms with Crippen molar-refractivity contribution in [2.75, 3.05) is 12.4 Å². The van der Waals surface area contributed by atoms with Crippen molar-refractivity contribution in [2.24, 2.45) is 7.05 Å². The highest BCUT2D eigenvalue weighted by atomic mass is 35.5. The Kier molecular flexibility index (Phi) is 5.62. The summed E-state index contributed by atoms with van der Waals surface area (Å²) in [6, 6.07) is -0.0317. The van der Waals surface area contributed by atoms with E-state index in [1.54, 1.807) is 11.6 Å². The molecule has 1 aromatic rings. The van der Waals surface area contributed by atoms with Crippen molar-refractivity contribution in [3.63, 3.8) is 0 Å². The normalized spacial score (nSPS) is 12.6. The highest BCUT2D eigenvalue weighted by Crippen LogP contribution is 2.19. The van der Waals surface area contributed by atoms with Crippen molar-refractivity contribution in [1.82, 2.24) is 13.9 Å². The summed E-state index contributed by atoms with van der Waals surface area (Å²) in [5, 5.41) is 0.0852. The minimum absolute atomic E-state index is 0.0317. The van der Waals surface area contributed by atoms with Gasteiger partial charge in [-0.05, 0) is 12.8 Å². The van der Waals surface area contributed by atoms with E-state index in [-0.39, 0.29) is 16.9 Å². The second-order valence-corrected chi connectivity index (χ2v) is 6.37. The second-order valence-electron chi connectivity index (χ2n) is 4.15. The number of sulfonamides is 1. The Bertz CT molecular complexity index is 468. The van der Waals surface area contributed by atoms with Gasteiger partial charge in [-0.1, -0.05) is 13.8 Å². The summed E-state index contributed by atoms with van der Waals surface area (Å²) in [7, 11) is -1.80. The molecule has 7 heteroatoms. The maximum atomic E-state index is 12.5. The summed E-state index contributed by atoms with van der Waals surface area (Å²) in [5.41, 5.74) is 0. The van der Waals surface area contributed by atoms with Gasteiger partial charge in [-0.25, -0.2) is 13.4 Å². The molecule has 18 heavy (non-hydrogen) atoms. The molecule has 5 nitrogen and oxygen atoms in total. The van der Waals surface area contributed by atoms with Crippen molar-refractivity contribution in [1.29, 1.82) is 0 Å². The van der Waals surface area contributed by atoms with Crippen molar-refractivity contribution < 1.29 is 8.42 Å². The summed E-state index contributed by atoms with van der Waals surface area (Å²) in [6.07, 6.45) is 4.52. The lowest BCUT2D eigenvalue weighted by Crippen LogP contribution is -2.41. The van der Waals surface area contributed by atoms with E-state index in [1.165, 1.54) is 16.8 Å². The Morgan fingerprint density at radius 3 is 2.44 bits per heavy atom. The first kappa shape index (κ1) is 15.5. The average molecular weight is 294 g/mol. The van der Waals surface area contributed by atoms with E-state index in [0.29, 0.717) is 6.54 Å². The third-order valence-electron chi connectivity index (χ3n) is 2.91. The molecule has 1 aromatic heterocycles. The van der Waals surface area contributed by atoms with Gasteiger partial charge in [-0.15, -0.1) is 11.6 Å². The van der Waals surface area contributed by atoms with E-state index in [2.05, 4.69) is 4.98 Å². The van der Waals surface area contributed by atoms with Gasteiger partial charge < -0.3 is 4.57 Å². The molecule has 0 aliphatic rings. The molecular weight excluding hydrogens is 274 g/mol. The zero-order chi connectivity index (χ0) is 13.8. The van der Waals surface area contributed by atoms with Crippen molar-refractivity contribution in [3.8, 4) is 0 Å². The molecule has 0 unspecified atom stereocenters. The Balaban J connectivity index is 3.11. The van der Waals surface area contributed by atoms with E-state index in [1.807, 2.05) is 13.8 Å². The smallest absolute Gasteiger partial charge is 0.262 e. The maximum absolute atomic E-state index is 12.5. The third-order valence-corrected chi connectivity index (χ3v) is 4.92. The van der Waals surface area contributed by atoms with Crippen LogP contribution in [0, 0.1) is 0 Å². The van der Waals surface area contributed by atoms with Gasteiger partial charge in [0.25, 0.3) is 10.0 Å². The lowest BCUT2D eigenvalue weighted by Gasteiger charge is -2.28. The predicted octanol–water partition coefficient (Wildman–Crippen LogP) is 1.84. The molecule has 0 bridgehead atoms. The molecule has 1 heterocycles. The van der Waals surface area contributed by atoms with Crippen molar-refractivity contribution >= 4 is 21.6 Å². The van der Waals surface area contributed by atoms with Crippen molar-refractivity contribution in [2.45, 2.75) is 37.8 Å². The first-order chi connectivity index (χ1) is 8.47.